The van der Waals surface area contributed by atoms with E-state index in [2.05, 4.69) is 10.6 Å². The van der Waals surface area contributed by atoms with Crippen LogP contribution in [0.1, 0.15) is 50.9 Å². The van der Waals surface area contributed by atoms with Crippen LogP contribution >= 0.6 is 0 Å². The van der Waals surface area contributed by atoms with Gasteiger partial charge in [-0.2, -0.15) is 0 Å². The van der Waals surface area contributed by atoms with Crippen molar-refractivity contribution in [2.45, 2.75) is 31.7 Å². The SMILES string of the molecule is COc1ccc(C(=O)NCc2ccc3c(c2)C(=O)N(C2CCC(=O)NC2=O)C3O)cc1. The molecule has 0 radical (unpaired) electrons. The van der Waals surface area contributed by atoms with Gasteiger partial charge in [-0.25, -0.2) is 0 Å². The molecule has 2 aliphatic heterocycles. The minimum Gasteiger partial charge on any atom is -0.497 e. The van der Waals surface area contributed by atoms with Gasteiger partial charge in [-0.05, 0) is 42.3 Å². The standard InChI is InChI=1S/C22H21N3O6/c1-31-14-5-3-13(4-6-14)19(27)23-11-12-2-7-15-16(10-12)22(30)25(21(15)29)17-8-9-18(26)24-20(17)28/h2-7,10,17,21,29H,8-9,11H2,1H3,(H,23,27)(H,24,26,28). The second kappa shape index (κ2) is 8.19. The van der Waals surface area contributed by atoms with Crippen molar-refractivity contribution in [1.82, 2.24) is 15.5 Å². The van der Waals surface area contributed by atoms with Gasteiger partial charge in [0.1, 0.15) is 11.8 Å². The number of benzene rings is 2. The van der Waals surface area contributed by atoms with E-state index in [1.165, 1.54) is 0 Å². The highest BCUT2D eigenvalue weighted by molar-refractivity contribution is 6.05. The molecule has 2 aromatic carbocycles. The third-order valence-corrected chi connectivity index (χ3v) is 5.48. The quantitative estimate of drug-likeness (QED) is 0.613. The summed E-state index contributed by atoms with van der Waals surface area (Å²) in [5.74, 6) is -1.11. The lowest BCUT2D eigenvalue weighted by Crippen LogP contribution is -2.53. The maximum absolute atomic E-state index is 12.9. The Bertz CT molecular complexity index is 1070. The van der Waals surface area contributed by atoms with Gasteiger partial charge in [0.2, 0.25) is 11.8 Å². The number of carbonyl (C=O) groups is 4. The number of hydrogen-bond donors (Lipinski definition) is 3. The predicted molar refractivity (Wildman–Crippen MR) is 108 cm³/mol. The van der Waals surface area contributed by atoms with Crippen molar-refractivity contribution >= 4 is 23.6 Å². The van der Waals surface area contributed by atoms with Gasteiger partial charge >= 0.3 is 0 Å². The fourth-order valence-corrected chi connectivity index (χ4v) is 3.81. The first kappa shape index (κ1) is 20.5. The van der Waals surface area contributed by atoms with Crippen molar-refractivity contribution in [3.8, 4) is 5.75 Å². The van der Waals surface area contributed by atoms with Gasteiger partial charge < -0.3 is 15.2 Å². The molecule has 31 heavy (non-hydrogen) atoms. The summed E-state index contributed by atoms with van der Waals surface area (Å²) in [5, 5.41) is 15.6. The molecule has 0 bridgehead atoms. The molecule has 3 N–H and O–H groups in total. The van der Waals surface area contributed by atoms with Crippen LogP contribution in [-0.2, 0) is 16.1 Å². The summed E-state index contributed by atoms with van der Waals surface area (Å²) in [6.07, 6.45) is -1.01. The fourth-order valence-electron chi connectivity index (χ4n) is 3.81. The first-order chi connectivity index (χ1) is 14.9. The molecule has 1 fully saturated rings. The molecule has 0 saturated carbocycles. The van der Waals surface area contributed by atoms with Gasteiger partial charge in [-0.3, -0.25) is 29.4 Å². The van der Waals surface area contributed by atoms with Crippen LogP contribution in [0.15, 0.2) is 42.5 Å². The number of aliphatic hydroxyl groups excluding tert-OH is 1. The number of hydrogen-bond acceptors (Lipinski definition) is 6. The zero-order chi connectivity index (χ0) is 22.1. The third kappa shape index (κ3) is 3.87. The number of fused-ring (bicyclic) bond motifs is 1. The van der Waals surface area contributed by atoms with Crippen LogP contribution in [0.4, 0.5) is 0 Å². The van der Waals surface area contributed by atoms with Crippen molar-refractivity contribution in [2.24, 2.45) is 0 Å². The van der Waals surface area contributed by atoms with Gasteiger partial charge in [-0.1, -0.05) is 12.1 Å². The lowest BCUT2D eigenvalue weighted by Gasteiger charge is -2.31. The van der Waals surface area contributed by atoms with Crippen molar-refractivity contribution in [3.63, 3.8) is 0 Å². The summed E-state index contributed by atoms with van der Waals surface area (Å²) in [5.41, 5.74) is 1.80. The largest absolute Gasteiger partial charge is 0.497 e. The number of methoxy groups -OCH3 is 1. The number of amides is 4. The third-order valence-electron chi connectivity index (χ3n) is 5.48. The van der Waals surface area contributed by atoms with Crippen molar-refractivity contribution < 1.29 is 29.0 Å². The molecule has 0 spiro atoms. The van der Waals surface area contributed by atoms with E-state index in [1.807, 2.05) is 0 Å². The van der Waals surface area contributed by atoms with Gasteiger partial charge in [0, 0.05) is 29.7 Å². The highest BCUT2D eigenvalue weighted by Gasteiger charge is 2.44. The predicted octanol–water partition coefficient (Wildman–Crippen LogP) is 0.877. The molecule has 2 heterocycles. The molecule has 2 aliphatic rings. The molecular weight excluding hydrogens is 402 g/mol. The molecule has 1 saturated heterocycles. The van der Waals surface area contributed by atoms with E-state index in [9.17, 15) is 24.3 Å². The number of carbonyl (C=O) groups excluding carboxylic acids is 4. The Morgan fingerprint density at radius 2 is 1.94 bits per heavy atom. The van der Waals surface area contributed by atoms with Crippen LogP contribution < -0.4 is 15.4 Å². The van der Waals surface area contributed by atoms with Crippen molar-refractivity contribution in [3.05, 3.63) is 64.7 Å². The van der Waals surface area contributed by atoms with E-state index >= 15 is 0 Å². The molecular formula is C22H21N3O6. The van der Waals surface area contributed by atoms with Crippen molar-refractivity contribution in [1.29, 1.82) is 0 Å². The normalized spacial score (nSPS) is 20.3. The Balaban J connectivity index is 1.46. The second-order valence-corrected chi connectivity index (χ2v) is 7.39. The van der Waals surface area contributed by atoms with E-state index in [1.54, 1.807) is 49.6 Å². The Kier molecular flexibility index (Phi) is 5.43. The number of imide groups is 1. The molecule has 9 heteroatoms. The maximum atomic E-state index is 12.9. The second-order valence-electron chi connectivity index (χ2n) is 7.39. The summed E-state index contributed by atoms with van der Waals surface area (Å²) in [6, 6.07) is 10.7. The van der Waals surface area contributed by atoms with E-state index in [0.717, 1.165) is 4.90 Å². The molecule has 0 aliphatic carbocycles. The Hall–Kier alpha value is -3.72. The van der Waals surface area contributed by atoms with Crippen LogP contribution in [0.3, 0.4) is 0 Å². The van der Waals surface area contributed by atoms with Crippen LogP contribution in [0.2, 0.25) is 0 Å². The monoisotopic (exact) mass is 423 g/mol. The molecule has 2 unspecified atom stereocenters. The minimum atomic E-state index is -1.27. The number of aliphatic hydroxyl groups is 1. The molecule has 9 nitrogen and oxygen atoms in total. The highest BCUT2D eigenvalue weighted by atomic mass is 16.5. The fraction of sp³-hybridized carbons (Fsp3) is 0.273. The topological polar surface area (TPSA) is 125 Å². The Morgan fingerprint density at radius 3 is 2.61 bits per heavy atom. The average Bonchev–Trinajstić information content (AvgIpc) is 3.02. The van der Waals surface area contributed by atoms with E-state index < -0.39 is 30.0 Å². The van der Waals surface area contributed by atoms with Gasteiger partial charge in [0.15, 0.2) is 6.23 Å². The van der Waals surface area contributed by atoms with E-state index in [-0.39, 0.29) is 30.9 Å². The molecule has 4 rings (SSSR count). The van der Waals surface area contributed by atoms with E-state index in [0.29, 0.717) is 22.4 Å². The van der Waals surface area contributed by atoms with Gasteiger partial charge in [-0.15, -0.1) is 0 Å². The van der Waals surface area contributed by atoms with Gasteiger partial charge in [0.05, 0.1) is 7.11 Å². The van der Waals surface area contributed by atoms with Crippen LogP contribution in [0.5, 0.6) is 5.75 Å². The Labute approximate surface area is 178 Å². The first-order valence-corrected chi connectivity index (χ1v) is 9.78. The minimum absolute atomic E-state index is 0.103. The summed E-state index contributed by atoms with van der Waals surface area (Å²) in [4.78, 5) is 49.9. The zero-order valence-electron chi connectivity index (χ0n) is 16.8. The van der Waals surface area contributed by atoms with Gasteiger partial charge in [0.25, 0.3) is 11.8 Å². The van der Waals surface area contributed by atoms with Crippen LogP contribution in [0.25, 0.3) is 0 Å². The van der Waals surface area contributed by atoms with Crippen LogP contribution in [0, 0.1) is 0 Å². The number of nitrogens with one attached hydrogen (secondary N) is 2. The number of rotatable bonds is 5. The zero-order valence-corrected chi connectivity index (χ0v) is 16.8. The molecule has 0 aromatic heterocycles. The molecule has 160 valence electrons. The molecule has 4 amide bonds. The first-order valence-electron chi connectivity index (χ1n) is 9.78. The van der Waals surface area contributed by atoms with Crippen molar-refractivity contribution in [2.75, 3.05) is 7.11 Å². The smallest absolute Gasteiger partial charge is 0.257 e. The van der Waals surface area contributed by atoms with Crippen LogP contribution in [-0.4, -0.2) is 46.8 Å². The summed E-state index contributed by atoms with van der Waals surface area (Å²) < 4.78 is 5.07. The Morgan fingerprint density at radius 1 is 1.19 bits per heavy atom. The highest BCUT2D eigenvalue weighted by Crippen LogP contribution is 2.35. The number of ether oxygens (including phenoxy) is 1. The maximum Gasteiger partial charge on any atom is 0.257 e. The summed E-state index contributed by atoms with van der Waals surface area (Å²) in [6.45, 7) is 0.180. The molecule has 2 atom stereocenters. The lowest BCUT2D eigenvalue weighted by molar-refractivity contribution is -0.139. The average molecular weight is 423 g/mol. The van der Waals surface area contributed by atoms with E-state index in [4.69, 9.17) is 4.74 Å². The number of piperidine rings is 1. The number of nitrogens with zero attached hydrogens (tertiary/aromatic N) is 1. The summed E-state index contributed by atoms with van der Waals surface area (Å²) in [7, 11) is 1.54. The molecule has 2 aromatic rings. The lowest BCUT2D eigenvalue weighted by atomic mass is 10.0. The summed E-state index contributed by atoms with van der Waals surface area (Å²) >= 11 is 0.